The molecule has 0 aliphatic carbocycles. The van der Waals surface area contributed by atoms with Crippen molar-refractivity contribution in [1.29, 1.82) is 0 Å². The Kier molecular flexibility index (Phi) is 4.08. The fourth-order valence-electron chi connectivity index (χ4n) is 4.28. The van der Waals surface area contributed by atoms with E-state index in [4.69, 9.17) is 4.43 Å². The van der Waals surface area contributed by atoms with Gasteiger partial charge in [0.2, 0.25) is 9.04 Å². The molecular formula is C24H22OSi. The summed E-state index contributed by atoms with van der Waals surface area (Å²) in [4.78, 5) is 0. The first-order valence-electron chi connectivity index (χ1n) is 9.53. The maximum absolute atomic E-state index is 6.25. The summed E-state index contributed by atoms with van der Waals surface area (Å²) in [6.07, 6.45) is 2.53. The summed E-state index contributed by atoms with van der Waals surface area (Å²) in [5.41, 5.74) is 2.71. The number of benzene rings is 4. The Bertz CT molecular complexity index is 1080. The van der Waals surface area contributed by atoms with Crippen LogP contribution in [0.4, 0.5) is 0 Å². The van der Waals surface area contributed by atoms with Crippen molar-refractivity contribution in [2.45, 2.75) is 18.9 Å². The molecule has 128 valence electrons. The zero-order chi connectivity index (χ0) is 17.3. The van der Waals surface area contributed by atoms with Crippen molar-refractivity contribution < 1.29 is 4.43 Å². The van der Waals surface area contributed by atoms with Crippen molar-refractivity contribution in [1.82, 2.24) is 0 Å². The zero-order valence-electron chi connectivity index (χ0n) is 14.8. The molecule has 0 saturated carbocycles. The second kappa shape index (κ2) is 6.71. The minimum absolute atomic E-state index is 0.936. The van der Waals surface area contributed by atoms with E-state index in [9.17, 15) is 0 Å². The van der Waals surface area contributed by atoms with E-state index in [-0.39, 0.29) is 0 Å². The van der Waals surface area contributed by atoms with Gasteiger partial charge in [0.15, 0.2) is 0 Å². The fourth-order valence-corrected chi connectivity index (χ4v) is 6.98. The van der Waals surface area contributed by atoms with E-state index in [1.807, 2.05) is 0 Å². The first-order valence-corrected chi connectivity index (χ1v) is 11.4. The molecule has 1 nitrogen and oxygen atoms in total. The van der Waals surface area contributed by atoms with Gasteiger partial charge < -0.3 is 4.43 Å². The second-order valence-electron chi connectivity index (χ2n) is 7.13. The summed E-state index contributed by atoms with van der Waals surface area (Å²) < 4.78 is 6.25. The van der Waals surface area contributed by atoms with Gasteiger partial charge in [-0.05, 0) is 50.3 Å². The normalized spacial score (nSPS) is 17.6. The molecule has 0 bridgehead atoms. The van der Waals surface area contributed by atoms with Crippen LogP contribution in [0.5, 0.6) is 0 Å². The van der Waals surface area contributed by atoms with Crippen LogP contribution in [0.1, 0.15) is 12.8 Å². The molecule has 0 aromatic heterocycles. The summed E-state index contributed by atoms with van der Waals surface area (Å²) in [7, 11) is -1.32. The van der Waals surface area contributed by atoms with E-state index in [1.54, 1.807) is 0 Å². The molecule has 4 aromatic carbocycles. The van der Waals surface area contributed by atoms with Crippen molar-refractivity contribution in [2.75, 3.05) is 6.61 Å². The van der Waals surface area contributed by atoms with Gasteiger partial charge in [-0.2, -0.15) is 0 Å². The van der Waals surface area contributed by atoms with Crippen molar-refractivity contribution >= 4 is 35.8 Å². The van der Waals surface area contributed by atoms with Gasteiger partial charge in [0.25, 0.3) is 0 Å². The summed E-state index contributed by atoms with van der Waals surface area (Å²) >= 11 is 0. The van der Waals surface area contributed by atoms with Gasteiger partial charge in [-0.3, -0.25) is 0 Å². The van der Waals surface area contributed by atoms with Crippen molar-refractivity contribution in [2.24, 2.45) is 0 Å². The van der Waals surface area contributed by atoms with Gasteiger partial charge in [0.05, 0.1) is 0 Å². The molecule has 1 aliphatic heterocycles. The molecule has 1 fully saturated rings. The fraction of sp³-hybridized carbons (Fsp3) is 0.167. The molecule has 4 aromatic rings. The standard InChI is InChI=1S/C24H22OSi/c1-2-9-19-18(8-1)14-15-22-20(19)11-7-12-21(22)23-10-3-4-13-24(23)26-17-6-5-16-25-26/h1-4,7-15,26H,5-6,16-17H2. The van der Waals surface area contributed by atoms with E-state index < -0.39 is 9.04 Å². The largest absolute Gasteiger partial charge is 0.415 e. The molecule has 1 atom stereocenters. The van der Waals surface area contributed by atoms with Gasteiger partial charge in [0.1, 0.15) is 0 Å². The van der Waals surface area contributed by atoms with Crippen LogP contribution in [0.15, 0.2) is 78.9 Å². The molecule has 0 radical (unpaired) electrons. The summed E-state index contributed by atoms with van der Waals surface area (Å²) in [5, 5.41) is 6.77. The predicted molar refractivity (Wildman–Crippen MR) is 114 cm³/mol. The molecule has 1 heterocycles. The van der Waals surface area contributed by atoms with Crippen LogP contribution in [0, 0.1) is 0 Å². The monoisotopic (exact) mass is 354 g/mol. The third-order valence-electron chi connectivity index (χ3n) is 5.56. The number of rotatable bonds is 2. The average molecular weight is 355 g/mol. The molecule has 26 heavy (non-hydrogen) atoms. The summed E-state index contributed by atoms with van der Waals surface area (Å²) in [6.45, 7) is 0.936. The Balaban J connectivity index is 1.74. The molecule has 2 heteroatoms. The summed E-state index contributed by atoms with van der Waals surface area (Å²) in [5.74, 6) is 0. The minimum atomic E-state index is -1.32. The molecule has 0 N–H and O–H groups in total. The quantitative estimate of drug-likeness (QED) is 0.346. The third kappa shape index (κ3) is 2.66. The van der Waals surface area contributed by atoms with Gasteiger partial charge in [-0.25, -0.2) is 0 Å². The molecule has 1 aliphatic rings. The molecule has 1 unspecified atom stereocenters. The van der Waals surface area contributed by atoms with E-state index in [0.717, 1.165) is 6.61 Å². The first-order chi connectivity index (χ1) is 12.9. The lowest BCUT2D eigenvalue weighted by Gasteiger charge is -2.24. The smallest absolute Gasteiger partial charge is 0.208 e. The Morgan fingerprint density at radius 2 is 1.42 bits per heavy atom. The van der Waals surface area contributed by atoms with Gasteiger partial charge in [0, 0.05) is 6.61 Å². The molecule has 0 spiro atoms. The van der Waals surface area contributed by atoms with Crippen molar-refractivity contribution in [3.8, 4) is 11.1 Å². The topological polar surface area (TPSA) is 9.23 Å². The Morgan fingerprint density at radius 1 is 0.615 bits per heavy atom. The highest BCUT2D eigenvalue weighted by atomic mass is 28.3. The SMILES string of the molecule is c1ccc([SiH]2CCCCO2)c(-c2cccc3c2ccc2ccccc23)c1. The maximum atomic E-state index is 6.25. The van der Waals surface area contributed by atoms with Crippen LogP contribution in [-0.2, 0) is 4.43 Å². The van der Waals surface area contributed by atoms with Crippen LogP contribution < -0.4 is 5.19 Å². The molecular weight excluding hydrogens is 332 g/mol. The number of fused-ring (bicyclic) bond motifs is 3. The second-order valence-corrected chi connectivity index (χ2v) is 9.64. The van der Waals surface area contributed by atoms with Crippen LogP contribution in [0.25, 0.3) is 32.7 Å². The first kappa shape index (κ1) is 15.8. The van der Waals surface area contributed by atoms with Crippen LogP contribution in [-0.4, -0.2) is 15.6 Å². The Hall–Kier alpha value is -2.42. The van der Waals surface area contributed by atoms with Crippen LogP contribution in [0.3, 0.4) is 0 Å². The highest BCUT2D eigenvalue weighted by Crippen LogP contribution is 2.33. The zero-order valence-corrected chi connectivity index (χ0v) is 16.0. The van der Waals surface area contributed by atoms with Crippen LogP contribution in [0.2, 0.25) is 6.04 Å². The van der Waals surface area contributed by atoms with Crippen LogP contribution >= 0.6 is 0 Å². The van der Waals surface area contributed by atoms with E-state index >= 15 is 0 Å². The molecule has 5 rings (SSSR count). The highest BCUT2D eigenvalue weighted by molar-refractivity contribution is 6.69. The van der Waals surface area contributed by atoms with Gasteiger partial charge >= 0.3 is 0 Å². The van der Waals surface area contributed by atoms with E-state index in [1.165, 1.54) is 56.7 Å². The third-order valence-corrected chi connectivity index (χ3v) is 8.33. The van der Waals surface area contributed by atoms with E-state index in [0.29, 0.717) is 0 Å². The number of hydrogen-bond acceptors (Lipinski definition) is 1. The number of hydrogen-bond donors (Lipinski definition) is 0. The van der Waals surface area contributed by atoms with Crippen molar-refractivity contribution in [3.05, 3.63) is 78.9 Å². The van der Waals surface area contributed by atoms with E-state index in [2.05, 4.69) is 78.9 Å². The average Bonchev–Trinajstić information content (AvgIpc) is 2.74. The lowest BCUT2D eigenvalue weighted by molar-refractivity contribution is 0.294. The molecule has 1 saturated heterocycles. The highest BCUT2D eigenvalue weighted by Gasteiger charge is 2.22. The minimum Gasteiger partial charge on any atom is -0.415 e. The lowest BCUT2D eigenvalue weighted by atomic mass is 9.95. The van der Waals surface area contributed by atoms with Crippen molar-refractivity contribution in [3.63, 3.8) is 0 Å². The Labute approximate surface area is 156 Å². The van der Waals surface area contributed by atoms with Gasteiger partial charge in [-0.1, -0.05) is 85.3 Å². The van der Waals surface area contributed by atoms with Gasteiger partial charge in [-0.15, -0.1) is 0 Å². The summed E-state index contributed by atoms with van der Waals surface area (Å²) in [6, 6.07) is 30.1. The lowest BCUT2D eigenvalue weighted by Crippen LogP contribution is -2.37. The Morgan fingerprint density at radius 3 is 2.35 bits per heavy atom. The molecule has 0 amide bonds. The predicted octanol–water partition coefficient (Wildman–Crippen LogP) is 5.40. The maximum Gasteiger partial charge on any atom is 0.208 e.